The van der Waals surface area contributed by atoms with Gasteiger partial charge in [0.2, 0.25) is 0 Å². The number of esters is 1. The van der Waals surface area contributed by atoms with Crippen LogP contribution in [0.1, 0.15) is 10.4 Å². The van der Waals surface area contributed by atoms with E-state index in [4.69, 9.17) is 11.6 Å². The normalized spacial score (nSPS) is 14.2. The van der Waals surface area contributed by atoms with E-state index in [-0.39, 0.29) is 26.5 Å². The summed E-state index contributed by atoms with van der Waals surface area (Å²) >= 11 is 5.87. The molecule has 0 aliphatic carbocycles. The van der Waals surface area contributed by atoms with Crippen LogP contribution in [0, 0.1) is 0 Å². The third-order valence-corrected chi connectivity index (χ3v) is 4.39. The molecule has 0 saturated heterocycles. The Morgan fingerprint density at radius 3 is 2.24 bits per heavy atom. The molecule has 0 amide bonds. The Labute approximate surface area is 184 Å². The Balaban J connectivity index is 2.65. The molecule has 2 rings (SSSR count). The first-order valence-electron chi connectivity index (χ1n) is 8.36. The predicted octanol–water partition coefficient (Wildman–Crippen LogP) is 4.23. The first-order valence-corrected chi connectivity index (χ1v) is 8.74. The third kappa shape index (κ3) is 5.07. The van der Waals surface area contributed by atoms with Gasteiger partial charge in [0.15, 0.2) is 5.84 Å². The lowest BCUT2D eigenvalue weighted by molar-refractivity contribution is -0.265. The van der Waals surface area contributed by atoms with E-state index in [0.717, 1.165) is 19.4 Å². The third-order valence-electron chi connectivity index (χ3n) is 4.06. The number of ether oxygens (including phenoxy) is 1. The lowest BCUT2D eigenvalue weighted by Crippen LogP contribution is -2.45. The standard InChI is InChI=1S/C17H12ClF8N5O2/c1-28-13(11(16(21,22)23)12(27)15(19,20)17(24,25)26)31-6-10(29-30-31)7-3-4-9(18)8(5-7)14(32)33-2/h3-6H,27H2,1-2H3. The molecule has 2 aromatic rings. The maximum absolute atomic E-state index is 13.6. The highest BCUT2D eigenvalue weighted by atomic mass is 35.5. The topological polar surface area (TPSA) is 95.4 Å². The Morgan fingerprint density at radius 2 is 1.76 bits per heavy atom. The number of rotatable bonds is 4. The van der Waals surface area contributed by atoms with Crippen LogP contribution in [-0.4, -0.2) is 59.2 Å². The van der Waals surface area contributed by atoms with Gasteiger partial charge in [-0.1, -0.05) is 22.9 Å². The number of allylic oxidation sites excluding steroid dienone is 2. The zero-order valence-electron chi connectivity index (χ0n) is 16.4. The minimum Gasteiger partial charge on any atom is -0.465 e. The number of hydrogen-bond donors (Lipinski definition) is 1. The number of aliphatic imine (C=N–C) groups is 1. The highest BCUT2D eigenvalue weighted by molar-refractivity contribution is 6.33. The first-order chi connectivity index (χ1) is 15.1. The van der Waals surface area contributed by atoms with E-state index in [1.54, 1.807) is 0 Å². The number of nitrogens with zero attached hydrogens (tertiary/aromatic N) is 4. The fourth-order valence-electron chi connectivity index (χ4n) is 2.49. The van der Waals surface area contributed by atoms with Crippen LogP contribution in [-0.2, 0) is 4.74 Å². The summed E-state index contributed by atoms with van der Waals surface area (Å²) in [6.07, 6.45) is -11.4. The van der Waals surface area contributed by atoms with E-state index in [1.807, 2.05) is 0 Å². The summed E-state index contributed by atoms with van der Waals surface area (Å²) in [7, 11) is 1.76. The van der Waals surface area contributed by atoms with Gasteiger partial charge < -0.3 is 10.5 Å². The molecule has 0 saturated carbocycles. The van der Waals surface area contributed by atoms with Crippen molar-refractivity contribution in [1.82, 2.24) is 15.0 Å². The van der Waals surface area contributed by atoms with Crippen molar-refractivity contribution in [2.45, 2.75) is 18.3 Å². The lowest BCUT2D eigenvalue weighted by atomic mass is 10.1. The zero-order valence-corrected chi connectivity index (χ0v) is 17.1. The fraction of sp³-hybridized carbons (Fsp3) is 0.294. The maximum Gasteiger partial charge on any atom is 0.459 e. The number of halogens is 9. The fourth-order valence-corrected chi connectivity index (χ4v) is 2.68. The molecule has 0 spiro atoms. The molecule has 180 valence electrons. The second-order valence-electron chi connectivity index (χ2n) is 6.14. The van der Waals surface area contributed by atoms with Crippen molar-refractivity contribution in [3.05, 3.63) is 46.3 Å². The van der Waals surface area contributed by atoms with Crippen molar-refractivity contribution in [2.75, 3.05) is 14.2 Å². The van der Waals surface area contributed by atoms with Gasteiger partial charge in [-0.05, 0) is 12.1 Å². The van der Waals surface area contributed by atoms with E-state index in [0.29, 0.717) is 7.05 Å². The molecule has 0 unspecified atom stereocenters. The van der Waals surface area contributed by atoms with Crippen molar-refractivity contribution in [1.29, 1.82) is 0 Å². The van der Waals surface area contributed by atoms with Gasteiger partial charge in [-0.2, -0.15) is 35.1 Å². The Kier molecular flexibility index (Phi) is 7.06. The molecule has 16 heteroatoms. The number of hydrogen-bond acceptors (Lipinski definition) is 6. The Hall–Kier alpha value is -3.23. The summed E-state index contributed by atoms with van der Waals surface area (Å²) in [6, 6.07) is 3.68. The van der Waals surface area contributed by atoms with E-state index in [2.05, 4.69) is 25.8 Å². The van der Waals surface area contributed by atoms with Gasteiger partial charge in [-0.25, -0.2) is 9.48 Å². The summed E-state index contributed by atoms with van der Waals surface area (Å²) in [6.45, 7) is 0. The van der Waals surface area contributed by atoms with Crippen LogP contribution in [0.5, 0.6) is 0 Å². The molecule has 0 aliphatic heterocycles. The minimum atomic E-state index is -6.41. The summed E-state index contributed by atoms with van der Waals surface area (Å²) in [5.41, 5.74) is -0.983. The number of benzene rings is 1. The Morgan fingerprint density at radius 1 is 1.15 bits per heavy atom. The van der Waals surface area contributed by atoms with Crippen LogP contribution in [0.4, 0.5) is 35.1 Å². The van der Waals surface area contributed by atoms with Crippen molar-refractivity contribution in [2.24, 2.45) is 10.7 Å². The van der Waals surface area contributed by atoms with Gasteiger partial charge in [0.1, 0.15) is 17.0 Å². The van der Waals surface area contributed by atoms with Crippen molar-refractivity contribution >= 4 is 23.4 Å². The van der Waals surface area contributed by atoms with Crippen molar-refractivity contribution in [3.8, 4) is 11.3 Å². The average molecular weight is 506 g/mol. The highest BCUT2D eigenvalue weighted by Crippen LogP contribution is 2.43. The molecule has 0 atom stereocenters. The van der Waals surface area contributed by atoms with Gasteiger partial charge in [0.25, 0.3) is 0 Å². The van der Waals surface area contributed by atoms with Crippen molar-refractivity contribution in [3.63, 3.8) is 0 Å². The summed E-state index contributed by atoms with van der Waals surface area (Å²) < 4.78 is 110. The van der Waals surface area contributed by atoms with E-state index < -0.39 is 41.4 Å². The second kappa shape index (κ2) is 8.96. The molecule has 2 N–H and O–H groups in total. The van der Waals surface area contributed by atoms with Crippen LogP contribution in [0.15, 0.2) is 40.7 Å². The molecule has 1 heterocycles. The Bertz CT molecular complexity index is 1120. The lowest BCUT2D eigenvalue weighted by Gasteiger charge is -2.24. The quantitative estimate of drug-likeness (QED) is 0.290. The number of methoxy groups -OCH3 is 1. The first kappa shape index (κ1) is 26.0. The number of nitrogens with two attached hydrogens (primary N) is 1. The SMILES string of the molecule is CN=C(C(=C(N)C(F)(F)C(F)(F)F)C(F)(F)F)n1cc(-c2ccc(Cl)c(C(=O)OC)c2)nn1. The van der Waals surface area contributed by atoms with Gasteiger partial charge in [-0.15, -0.1) is 5.10 Å². The number of aromatic nitrogens is 3. The molecule has 7 nitrogen and oxygen atoms in total. The number of carbonyl (C=O) groups excluding carboxylic acids is 1. The summed E-state index contributed by atoms with van der Waals surface area (Å²) in [5.74, 6) is -8.36. The van der Waals surface area contributed by atoms with Crippen LogP contribution in [0.25, 0.3) is 11.3 Å². The van der Waals surface area contributed by atoms with Crippen LogP contribution in [0.3, 0.4) is 0 Å². The van der Waals surface area contributed by atoms with Crippen molar-refractivity contribution < 1.29 is 44.7 Å². The van der Waals surface area contributed by atoms with Gasteiger partial charge in [0, 0.05) is 12.6 Å². The van der Waals surface area contributed by atoms with E-state index in [9.17, 15) is 39.9 Å². The molecular weight excluding hydrogens is 494 g/mol. The largest absolute Gasteiger partial charge is 0.465 e. The molecule has 0 bridgehead atoms. The maximum atomic E-state index is 13.6. The van der Waals surface area contributed by atoms with Crippen LogP contribution >= 0.6 is 11.6 Å². The van der Waals surface area contributed by atoms with E-state index in [1.165, 1.54) is 12.1 Å². The zero-order chi connectivity index (χ0) is 25.4. The van der Waals surface area contributed by atoms with E-state index >= 15 is 0 Å². The molecule has 33 heavy (non-hydrogen) atoms. The van der Waals surface area contributed by atoms with Crippen LogP contribution in [0.2, 0.25) is 5.02 Å². The molecular formula is C17H12ClF8N5O2. The van der Waals surface area contributed by atoms with Crippen LogP contribution < -0.4 is 5.73 Å². The highest BCUT2D eigenvalue weighted by Gasteiger charge is 2.62. The van der Waals surface area contributed by atoms with Gasteiger partial charge >= 0.3 is 24.2 Å². The average Bonchev–Trinajstić information content (AvgIpc) is 3.19. The van der Waals surface area contributed by atoms with Gasteiger partial charge in [0.05, 0.1) is 23.9 Å². The molecule has 0 fully saturated rings. The molecule has 0 radical (unpaired) electrons. The number of carbonyl (C=O) groups is 1. The smallest absolute Gasteiger partial charge is 0.459 e. The molecule has 1 aromatic heterocycles. The van der Waals surface area contributed by atoms with Gasteiger partial charge in [-0.3, -0.25) is 4.99 Å². The summed E-state index contributed by atoms with van der Waals surface area (Å²) in [4.78, 5) is 14.9. The predicted molar refractivity (Wildman–Crippen MR) is 98.8 cm³/mol. The summed E-state index contributed by atoms with van der Waals surface area (Å²) in [5, 5.41) is 6.83. The molecule has 0 aliphatic rings. The second-order valence-corrected chi connectivity index (χ2v) is 6.55. The number of alkyl halides is 8. The minimum absolute atomic E-state index is 0.0294. The molecule has 1 aromatic carbocycles. The monoisotopic (exact) mass is 505 g/mol.